The first kappa shape index (κ1) is 11.8. The predicted molar refractivity (Wildman–Crippen MR) is 66.0 cm³/mol. The Balaban J connectivity index is 2.17. The summed E-state index contributed by atoms with van der Waals surface area (Å²) in [5.41, 5.74) is 3.05. The summed E-state index contributed by atoms with van der Waals surface area (Å²) in [6, 6.07) is 5.88. The molecule has 2 rings (SSSR count). The van der Waals surface area contributed by atoms with Crippen molar-refractivity contribution >= 4 is 11.7 Å². The number of ketones is 1. The Bertz CT molecular complexity index is 477. The molecule has 1 aromatic carbocycles. The average Bonchev–Trinajstić information content (AvgIpc) is 2.55. The van der Waals surface area contributed by atoms with Crippen LogP contribution in [-0.2, 0) is 11.2 Å². The maximum absolute atomic E-state index is 12.1. The molecule has 1 unspecified atom stereocenters. The third-order valence-corrected chi connectivity index (χ3v) is 3.28. The van der Waals surface area contributed by atoms with Crippen LogP contribution in [0.4, 0.5) is 0 Å². The maximum Gasteiger partial charge on any atom is 0.222 e. The quantitative estimate of drug-likeness (QED) is 0.778. The van der Waals surface area contributed by atoms with E-state index in [0.29, 0.717) is 12.8 Å². The van der Waals surface area contributed by atoms with Gasteiger partial charge in [-0.2, -0.15) is 0 Å². The second kappa shape index (κ2) is 4.32. The standard InChI is InChI=1S/C14H17NO2/c1-9-4-5-12-10(6-9)7-11(14(12)17)8-13(16)15(2)3/h4-6,11H,7-8H2,1-3H3. The monoisotopic (exact) mass is 231 g/mol. The SMILES string of the molecule is Cc1ccc2c(c1)CC(CC(=O)N(C)C)C2=O. The number of nitrogens with zero attached hydrogens (tertiary/aromatic N) is 1. The minimum atomic E-state index is -0.165. The van der Waals surface area contributed by atoms with Crippen molar-refractivity contribution in [3.8, 4) is 0 Å². The van der Waals surface area contributed by atoms with Crippen molar-refractivity contribution < 1.29 is 9.59 Å². The van der Waals surface area contributed by atoms with Crippen LogP contribution in [0.15, 0.2) is 18.2 Å². The summed E-state index contributed by atoms with van der Waals surface area (Å²) in [5.74, 6) is -0.0234. The van der Waals surface area contributed by atoms with Gasteiger partial charge in [-0.15, -0.1) is 0 Å². The predicted octanol–water partition coefficient (Wildman–Crippen LogP) is 1.83. The number of rotatable bonds is 2. The van der Waals surface area contributed by atoms with Gasteiger partial charge < -0.3 is 4.90 Å². The van der Waals surface area contributed by atoms with Crippen LogP contribution < -0.4 is 0 Å². The molecule has 17 heavy (non-hydrogen) atoms. The maximum atomic E-state index is 12.1. The van der Waals surface area contributed by atoms with Crippen molar-refractivity contribution in [3.05, 3.63) is 34.9 Å². The number of hydrogen-bond acceptors (Lipinski definition) is 2. The fraction of sp³-hybridized carbons (Fsp3) is 0.429. The van der Waals surface area contributed by atoms with Gasteiger partial charge in [0.05, 0.1) is 0 Å². The number of aryl methyl sites for hydroxylation is 1. The second-order valence-corrected chi connectivity index (χ2v) is 4.92. The summed E-state index contributed by atoms with van der Waals surface area (Å²) in [6.45, 7) is 2.02. The molecule has 0 radical (unpaired) electrons. The molecular weight excluding hydrogens is 214 g/mol. The lowest BCUT2D eigenvalue weighted by Gasteiger charge is -2.12. The molecule has 0 fully saturated rings. The summed E-state index contributed by atoms with van der Waals surface area (Å²) in [4.78, 5) is 25.3. The molecule has 3 nitrogen and oxygen atoms in total. The molecule has 0 saturated carbocycles. The zero-order valence-electron chi connectivity index (χ0n) is 10.5. The molecule has 0 heterocycles. The van der Waals surface area contributed by atoms with Crippen LogP contribution in [0.1, 0.15) is 27.9 Å². The molecule has 0 spiro atoms. The summed E-state index contributed by atoms with van der Waals surface area (Å²) in [5, 5.41) is 0. The van der Waals surface area contributed by atoms with Crippen LogP contribution >= 0.6 is 0 Å². The first-order valence-corrected chi connectivity index (χ1v) is 5.83. The van der Waals surface area contributed by atoms with Crippen molar-refractivity contribution in [1.82, 2.24) is 4.90 Å². The molecule has 0 bridgehead atoms. The number of carbonyl (C=O) groups excluding carboxylic acids is 2. The lowest BCUT2D eigenvalue weighted by Crippen LogP contribution is -2.26. The van der Waals surface area contributed by atoms with Crippen molar-refractivity contribution in [3.63, 3.8) is 0 Å². The highest BCUT2D eigenvalue weighted by Crippen LogP contribution is 2.29. The van der Waals surface area contributed by atoms with E-state index >= 15 is 0 Å². The van der Waals surface area contributed by atoms with Gasteiger partial charge in [0.1, 0.15) is 0 Å². The number of carbonyl (C=O) groups is 2. The molecule has 1 aliphatic carbocycles. The Labute approximate surface area is 101 Å². The molecule has 0 aliphatic heterocycles. The lowest BCUT2D eigenvalue weighted by atomic mass is 10.0. The number of benzene rings is 1. The van der Waals surface area contributed by atoms with E-state index < -0.39 is 0 Å². The van der Waals surface area contributed by atoms with Crippen molar-refractivity contribution in [1.29, 1.82) is 0 Å². The summed E-state index contributed by atoms with van der Waals surface area (Å²) in [6.07, 6.45) is 1.02. The lowest BCUT2D eigenvalue weighted by molar-refractivity contribution is -0.129. The van der Waals surface area contributed by atoms with Crippen LogP contribution in [0.25, 0.3) is 0 Å². The third kappa shape index (κ3) is 2.23. The largest absolute Gasteiger partial charge is 0.349 e. The minimum absolute atomic E-state index is 0.0212. The average molecular weight is 231 g/mol. The Morgan fingerprint density at radius 3 is 2.76 bits per heavy atom. The molecule has 3 heteroatoms. The molecule has 1 aliphatic rings. The summed E-state index contributed by atoms with van der Waals surface area (Å²) < 4.78 is 0. The van der Waals surface area contributed by atoms with Gasteiger partial charge in [-0.1, -0.05) is 23.8 Å². The minimum Gasteiger partial charge on any atom is -0.349 e. The molecular formula is C14H17NO2. The first-order valence-electron chi connectivity index (χ1n) is 5.83. The molecule has 0 saturated heterocycles. The highest BCUT2D eigenvalue weighted by molar-refractivity contribution is 6.03. The second-order valence-electron chi connectivity index (χ2n) is 4.92. The zero-order valence-corrected chi connectivity index (χ0v) is 10.5. The Hall–Kier alpha value is -1.64. The molecule has 0 N–H and O–H groups in total. The van der Waals surface area contributed by atoms with Crippen molar-refractivity contribution in [2.45, 2.75) is 19.8 Å². The fourth-order valence-electron chi connectivity index (χ4n) is 2.27. The van der Waals surface area contributed by atoms with Crippen molar-refractivity contribution in [2.75, 3.05) is 14.1 Å². The van der Waals surface area contributed by atoms with Crippen LogP contribution in [0.3, 0.4) is 0 Å². The van der Waals surface area contributed by atoms with E-state index in [2.05, 4.69) is 0 Å². The van der Waals surface area contributed by atoms with Gasteiger partial charge in [-0.3, -0.25) is 9.59 Å². The molecule has 1 atom stereocenters. The Morgan fingerprint density at radius 2 is 2.12 bits per heavy atom. The molecule has 1 aromatic rings. The van der Waals surface area contributed by atoms with Crippen LogP contribution in [0.2, 0.25) is 0 Å². The third-order valence-electron chi connectivity index (χ3n) is 3.28. The van der Waals surface area contributed by atoms with Gasteiger partial charge in [0.15, 0.2) is 5.78 Å². The van der Waals surface area contributed by atoms with Crippen LogP contribution in [-0.4, -0.2) is 30.7 Å². The van der Waals surface area contributed by atoms with E-state index in [-0.39, 0.29) is 17.6 Å². The van der Waals surface area contributed by atoms with Crippen LogP contribution in [0, 0.1) is 12.8 Å². The number of amides is 1. The zero-order chi connectivity index (χ0) is 12.6. The molecule has 1 amide bonds. The van der Waals surface area contributed by atoms with Crippen molar-refractivity contribution in [2.24, 2.45) is 5.92 Å². The fourth-order valence-corrected chi connectivity index (χ4v) is 2.27. The van der Waals surface area contributed by atoms with Gasteiger partial charge in [0, 0.05) is 32.0 Å². The van der Waals surface area contributed by atoms with E-state index in [4.69, 9.17) is 0 Å². The summed E-state index contributed by atoms with van der Waals surface area (Å²) >= 11 is 0. The number of fused-ring (bicyclic) bond motifs is 1. The topological polar surface area (TPSA) is 37.4 Å². The highest BCUT2D eigenvalue weighted by Gasteiger charge is 2.32. The first-order chi connectivity index (χ1) is 7.99. The Morgan fingerprint density at radius 1 is 1.41 bits per heavy atom. The van der Waals surface area contributed by atoms with Crippen LogP contribution in [0.5, 0.6) is 0 Å². The smallest absolute Gasteiger partial charge is 0.222 e. The Kier molecular flexibility index (Phi) is 3.01. The van der Waals surface area contributed by atoms with Gasteiger partial charge >= 0.3 is 0 Å². The van der Waals surface area contributed by atoms with E-state index in [1.807, 2.05) is 25.1 Å². The highest BCUT2D eigenvalue weighted by atomic mass is 16.2. The van der Waals surface area contributed by atoms with E-state index in [1.54, 1.807) is 19.0 Å². The number of Topliss-reactive ketones (excluding diaryl/α,β-unsaturated/α-hetero) is 1. The molecule has 0 aromatic heterocycles. The van der Waals surface area contributed by atoms with Gasteiger partial charge in [0.2, 0.25) is 5.91 Å². The van der Waals surface area contributed by atoms with E-state index in [1.165, 1.54) is 0 Å². The molecule has 90 valence electrons. The number of hydrogen-bond donors (Lipinski definition) is 0. The van der Waals surface area contributed by atoms with E-state index in [0.717, 1.165) is 16.7 Å². The summed E-state index contributed by atoms with van der Waals surface area (Å²) in [7, 11) is 3.44. The van der Waals surface area contributed by atoms with Gasteiger partial charge in [-0.25, -0.2) is 0 Å². The van der Waals surface area contributed by atoms with Gasteiger partial charge in [0.25, 0.3) is 0 Å². The van der Waals surface area contributed by atoms with Gasteiger partial charge in [-0.05, 0) is 18.9 Å². The van der Waals surface area contributed by atoms with E-state index in [9.17, 15) is 9.59 Å². The normalized spacial score (nSPS) is 18.1.